The van der Waals surface area contributed by atoms with Crippen LogP contribution in [-0.4, -0.2) is 13.4 Å². The first-order chi connectivity index (χ1) is 8.90. The van der Waals surface area contributed by atoms with Crippen molar-refractivity contribution in [1.82, 2.24) is 4.98 Å². The lowest BCUT2D eigenvalue weighted by atomic mass is 10.2. The summed E-state index contributed by atoms with van der Waals surface area (Å²) in [5, 5.41) is -0.264. The van der Waals surface area contributed by atoms with Crippen LogP contribution in [0.2, 0.25) is 0 Å². The van der Waals surface area contributed by atoms with Crippen molar-refractivity contribution < 1.29 is 17.2 Å². The molecule has 1 aromatic carbocycles. The molecule has 7 heteroatoms. The second kappa shape index (κ2) is 4.93. The first-order valence-electron chi connectivity index (χ1n) is 5.27. The van der Waals surface area contributed by atoms with E-state index in [2.05, 4.69) is 4.98 Å². The third-order valence-electron chi connectivity index (χ3n) is 2.44. The van der Waals surface area contributed by atoms with Gasteiger partial charge in [-0.15, -0.1) is 0 Å². The van der Waals surface area contributed by atoms with Gasteiger partial charge < -0.3 is 5.73 Å². The van der Waals surface area contributed by atoms with Gasteiger partial charge in [-0.05, 0) is 29.8 Å². The van der Waals surface area contributed by atoms with Crippen LogP contribution in [0.3, 0.4) is 0 Å². The van der Waals surface area contributed by atoms with Crippen molar-refractivity contribution in [2.24, 2.45) is 0 Å². The number of halogens is 2. The van der Waals surface area contributed by atoms with E-state index in [1.807, 2.05) is 0 Å². The van der Waals surface area contributed by atoms with E-state index in [1.165, 1.54) is 24.4 Å². The summed E-state index contributed by atoms with van der Waals surface area (Å²) in [6.07, 6.45) is 1.30. The van der Waals surface area contributed by atoms with Crippen LogP contribution in [0.25, 0.3) is 0 Å². The van der Waals surface area contributed by atoms with E-state index < -0.39 is 27.2 Å². The fourth-order valence-electron chi connectivity index (χ4n) is 1.58. The number of nitrogen functional groups attached to an aromatic ring is 1. The van der Waals surface area contributed by atoms with Crippen molar-refractivity contribution >= 4 is 15.5 Å². The van der Waals surface area contributed by atoms with Crippen LogP contribution in [0.15, 0.2) is 41.6 Å². The Bertz CT molecular complexity index is 717. The molecule has 4 nitrogen and oxygen atoms in total. The number of anilines is 1. The molecule has 0 radical (unpaired) electrons. The standard InChI is InChI=1S/C12H10F2N2O2S/c13-9-4-3-8(6-10(9)14)7-19(17,18)12-11(15)2-1-5-16-12/h1-6H,7,15H2. The van der Waals surface area contributed by atoms with Crippen LogP contribution >= 0.6 is 0 Å². The molecule has 2 rings (SSSR count). The van der Waals surface area contributed by atoms with Gasteiger partial charge in [0, 0.05) is 6.20 Å². The number of nitrogens with zero attached hydrogens (tertiary/aromatic N) is 1. The highest BCUT2D eigenvalue weighted by Crippen LogP contribution is 2.20. The van der Waals surface area contributed by atoms with Gasteiger partial charge in [-0.3, -0.25) is 0 Å². The van der Waals surface area contributed by atoms with E-state index >= 15 is 0 Å². The Balaban J connectivity index is 2.37. The Labute approximate surface area is 108 Å². The number of rotatable bonds is 3. The van der Waals surface area contributed by atoms with Gasteiger partial charge >= 0.3 is 0 Å². The van der Waals surface area contributed by atoms with Gasteiger partial charge in [0.15, 0.2) is 16.7 Å². The Hall–Kier alpha value is -2.02. The molecular formula is C12H10F2N2O2S. The molecule has 0 atom stereocenters. The summed E-state index contributed by atoms with van der Waals surface area (Å²) in [7, 11) is -3.80. The maximum Gasteiger partial charge on any atom is 0.201 e. The number of aromatic nitrogens is 1. The van der Waals surface area contributed by atoms with Gasteiger partial charge in [-0.1, -0.05) is 6.07 Å². The average Bonchev–Trinajstić information content (AvgIpc) is 2.34. The molecule has 0 saturated carbocycles. The minimum Gasteiger partial charge on any atom is -0.396 e. The summed E-state index contributed by atoms with van der Waals surface area (Å²) in [6.45, 7) is 0. The topological polar surface area (TPSA) is 73.0 Å². The molecule has 2 N–H and O–H groups in total. The fraction of sp³-hybridized carbons (Fsp3) is 0.0833. The molecule has 100 valence electrons. The predicted octanol–water partition coefficient (Wildman–Crippen LogP) is 1.92. The Kier molecular flexibility index (Phi) is 3.48. The lowest BCUT2D eigenvalue weighted by molar-refractivity contribution is 0.507. The largest absolute Gasteiger partial charge is 0.396 e. The van der Waals surface area contributed by atoms with E-state index in [-0.39, 0.29) is 16.3 Å². The second-order valence-electron chi connectivity index (χ2n) is 3.91. The fourth-order valence-corrected chi connectivity index (χ4v) is 2.98. The van der Waals surface area contributed by atoms with Crippen molar-refractivity contribution in [3.05, 3.63) is 53.7 Å². The highest BCUT2D eigenvalue weighted by Gasteiger charge is 2.20. The first kappa shape index (κ1) is 13.4. The Morgan fingerprint density at radius 3 is 2.53 bits per heavy atom. The van der Waals surface area contributed by atoms with Crippen LogP contribution in [0.1, 0.15) is 5.56 Å². The number of hydrogen-bond acceptors (Lipinski definition) is 4. The van der Waals surface area contributed by atoms with Crippen LogP contribution in [0.5, 0.6) is 0 Å². The lowest BCUT2D eigenvalue weighted by Crippen LogP contribution is -2.10. The van der Waals surface area contributed by atoms with E-state index in [1.54, 1.807) is 0 Å². The number of nitrogens with two attached hydrogens (primary N) is 1. The highest BCUT2D eigenvalue weighted by atomic mass is 32.2. The lowest BCUT2D eigenvalue weighted by Gasteiger charge is -2.06. The minimum atomic E-state index is -3.80. The van der Waals surface area contributed by atoms with Crippen molar-refractivity contribution in [3.8, 4) is 0 Å². The number of benzene rings is 1. The molecule has 0 unspecified atom stereocenters. The van der Waals surface area contributed by atoms with Crippen molar-refractivity contribution in [2.75, 3.05) is 5.73 Å². The van der Waals surface area contributed by atoms with Crippen molar-refractivity contribution in [2.45, 2.75) is 10.8 Å². The van der Waals surface area contributed by atoms with Gasteiger partial charge in [0.1, 0.15) is 0 Å². The summed E-state index contributed by atoms with van der Waals surface area (Å²) in [4.78, 5) is 3.71. The molecule has 2 aromatic rings. The maximum absolute atomic E-state index is 13.0. The summed E-state index contributed by atoms with van der Waals surface area (Å²) < 4.78 is 49.9. The molecule has 1 aromatic heterocycles. The summed E-state index contributed by atoms with van der Waals surface area (Å²) in [5.41, 5.74) is 5.69. The molecule has 0 saturated heterocycles. The van der Waals surface area contributed by atoms with Crippen LogP contribution < -0.4 is 5.73 Å². The second-order valence-corrected chi connectivity index (χ2v) is 5.81. The van der Waals surface area contributed by atoms with Gasteiger partial charge in [0.05, 0.1) is 11.4 Å². The maximum atomic E-state index is 13.0. The quantitative estimate of drug-likeness (QED) is 0.934. The molecule has 0 aliphatic heterocycles. The third-order valence-corrected chi connectivity index (χ3v) is 4.08. The molecule has 0 amide bonds. The Morgan fingerprint density at radius 2 is 1.89 bits per heavy atom. The summed E-state index contributed by atoms with van der Waals surface area (Å²) in [6, 6.07) is 5.83. The van der Waals surface area contributed by atoms with Gasteiger partial charge in [-0.2, -0.15) is 0 Å². The zero-order chi connectivity index (χ0) is 14.0. The van der Waals surface area contributed by atoms with Crippen LogP contribution in [-0.2, 0) is 15.6 Å². The zero-order valence-electron chi connectivity index (χ0n) is 9.68. The molecule has 0 fully saturated rings. The van der Waals surface area contributed by atoms with Crippen LogP contribution in [0, 0.1) is 11.6 Å². The SMILES string of the molecule is Nc1cccnc1S(=O)(=O)Cc1ccc(F)c(F)c1. The molecule has 0 aliphatic rings. The van der Waals surface area contributed by atoms with E-state index in [0.717, 1.165) is 12.1 Å². The van der Waals surface area contributed by atoms with Crippen molar-refractivity contribution in [3.63, 3.8) is 0 Å². The highest BCUT2D eigenvalue weighted by molar-refractivity contribution is 7.90. The van der Waals surface area contributed by atoms with Gasteiger partial charge in [0.25, 0.3) is 0 Å². The Morgan fingerprint density at radius 1 is 1.16 bits per heavy atom. The third kappa shape index (κ3) is 2.87. The van der Waals surface area contributed by atoms with E-state index in [9.17, 15) is 17.2 Å². The van der Waals surface area contributed by atoms with E-state index in [0.29, 0.717) is 0 Å². The average molecular weight is 284 g/mol. The number of hydrogen-bond donors (Lipinski definition) is 1. The normalized spacial score (nSPS) is 11.5. The monoisotopic (exact) mass is 284 g/mol. The zero-order valence-corrected chi connectivity index (χ0v) is 10.5. The molecule has 19 heavy (non-hydrogen) atoms. The minimum absolute atomic E-state index is 0.0186. The predicted molar refractivity (Wildman–Crippen MR) is 65.9 cm³/mol. The number of pyridine rings is 1. The van der Waals surface area contributed by atoms with Crippen molar-refractivity contribution in [1.29, 1.82) is 0 Å². The number of sulfone groups is 1. The molecule has 0 bridgehead atoms. The van der Waals surface area contributed by atoms with Gasteiger partial charge in [0.2, 0.25) is 9.84 Å². The summed E-state index contributed by atoms with van der Waals surface area (Å²) >= 11 is 0. The molecule has 0 aliphatic carbocycles. The molecule has 1 heterocycles. The van der Waals surface area contributed by atoms with Gasteiger partial charge in [-0.25, -0.2) is 22.2 Å². The smallest absolute Gasteiger partial charge is 0.201 e. The first-order valence-corrected chi connectivity index (χ1v) is 6.92. The van der Waals surface area contributed by atoms with Crippen LogP contribution in [0.4, 0.5) is 14.5 Å². The molecular weight excluding hydrogens is 274 g/mol. The summed E-state index contributed by atoms with van der Waals surface area (Å²) in [5.74, 6) is -2.62. The molecule has 0 spiro atoms. The van der Waals surface area contributed by atoms with E-state index in [4.69, 9.17) is 5.73 Å².